The first-order valence-corrected chi connectivity index (χ1v) is 7.00. The van der Waals surface area contributed by atoms with E-state index >= 15 is 0 Å². The summed E-state index contributed by atoms with van der Waals surface area (Å²) < 4.78 is 5.40. The fourth-order valence-electron chi connectivity index (χ4n) is 2.03. The molecule has 1 aromatic carbocycles. The molecule has 0 fully saturated rings. The van der Waals surface area contributed by atoms with Crippen molar-refractivity contribution in [2.75, 3.05) is 18.9 Å². The molecule has 22 heavy (non-hydrogen) atoms. The van der Waals surface area contributed by atoms with E-state index in [-0.39, 0.29) is 24.2 Å². The van der Waals surface area contributed by atoms with E-state index < -0.39 is 0 Å². The maximum absolute atomic E-state index is 12.1. The first-order valence-electron chi connectivity index (χ1n) is 7.00. The van der Waals surface area contributed by atoms with Crippen molar-refractivity contribution >= 4 is 24.0 Å². The van der Waals surface area contributed by atoms with Gasteiger partial charge in [0.1, 0.15) is 6.26 Å². The molecule has 120 valence electrons. The van der Waals surface area contributed by atoms with Crippen molar-refractivity contribution in [3.05, 3.63) is 35.7 Å². The standard InChI is InChI=1S/C16H21N3O2.ClH/c1-10-5-6-13(16-18-12(3)9-21-16)7-14(10)19-15(20)11(2)8-17-4;/h5-7,9,11,17H,8H2,1-4H3,(H,19,20);1H. The van der Waals surface area contributed by atoms with Crippen molar-refractivity contribution in [3.63, 3.8) is 0 Å². The fraction of sp³-hybridized carbons (Fsp3) is 0.375. The summed E-state index contributed by atoms with van der Waals surface area (Å²) in [4.78, 5) is 16.4. The molecule has 0 aliphatic rings. The predicted octanol–water partition coefficient (Wildman–Crippen LogP) is 3.17. The van der Waals surface area contributed by atoms with E-state index in [1.165, 1.54) is 0 Å². The fourth-order valence-corrected chi connectivity index (χ4v) is 2.03. The van der Waals surface area contributed by atoms with Gasteiger partial charge in [0.15, 0.2) is 0 Å². The van der Waals surface area contributed by atoms with Crippen LogP contribution >= 0.6 is 12.4 Å². The predicted molar refractivity (Wildman–Crippen MR) is 90.4 cm³/mol. The van der Waals surface area contributed by atoms with E-state index in [1.54, 1.807) is 6.26 Å². The maximum Gasteiger partial charge on any atom is 0.228 e. The van der Waals surface area contributed by atoms with Gasteiger partial charge in [-0.15, -0.1) is 12.4 Å². The van der Waals surface area contributed by atoms with E-state index in [9.17, 15) is 4.79 Å². The number of nitrogens with zero attached hydrogens (tertiary/aromatic N) is 1. The molecular formula is C16H22ClN3O2. The Morgan fingerprint density at radius 2 is 2.09 bits per heavy atom. The Hall–Kier alpha value is -1.85. The van der Waals surface area contributed by atoms with Gasteiger partial charge in [0.25, 0.3) is 0 Å². The molecule has 0 spiro atoms. The Morgan fingerprint density at radius 1 is 1.36 bits per heavy atom. The molecule has 0 saturated carbocycles. The highest BCUT2D eigenvalue weighted by Crippen LogP contribution is 2.25. The van der Waals surface area contributed by atoms with Crippen LogP contribution in [0, 0.1) is 19.8 Å². The number of benzene rings is 1. The summed E-state index contributed by atoms with van der Waals surface area (Å²) >= 11 is 0. The normalized spacial score (nSPS) is 11.6. The number of oxazole rings is 1. The lowest BCUT2D eigenvalue weighted by Gasteiger charge is -2.14. The summed E-state index contributed by atoms with van der Waals surface area (Å²) in [5, 5.41) is 5.97. The van der Waals surface area contributed by atoms with Gasteiger partial charge in [-0.2, -0.15) is 0 Å². The van der Waals surface area contributed by atoms with Gasteiger partial charge in [0.05, 0.1) is 5.69 Å². The van der Waals surface area contributed by atoms with Crippen LogP contribution < -0.4 is 10.6 Å². The molecule has 0 bridgehead atoms. The monoisotopic (exact) mass is 323 g/mol. The van der Waals surface area contributed by atoms with Crippen molar-refractivity contribution < 1.29 is 9.21 Å². The molecule has 2 N–H and O–H groups in total. The molecule has 2 aromatic rings. The Kier molecular flexibility index (Phi) is 6.59. The number of rotatable bonds is 5. The average Bonchev–Trinajstić information content (AvgIpc) is 2.88. The number of nitrogens with one attached hydrogen (secondary N) is 2. The number of hydrogen-bond donors (Lipinski definition) is 2. The molecule has 2 rings (SSSR count). The van der Waals surface area contributed by atoms with Crippen molar-refractivity contribution in [1.82, 2.24) is 10.3 Å². The zero-order valence-corrected chi connectivity index (χ0v) is 14.1. The van der Waals surface area contributed by atoms with Crippen molar-refractivity contribution in [2.45, 2.75) is 20.8 Å². The second-order valence-corrected chi connectivity index (χ2v) is 5.27. The first kappa shape index (κ1) is 18.2. The number of carbonyl (C=O) groups is 1. The van der Waals surface area contributed by atoms with Crippen molar-refractivity contribution in [3.8, 4) is 11.5 Å². The zero-order chi connectivity index (χ0) is 15.4. The van der Waals surface area contributed by atoms with Crippen LogP contribution in [0.1, 0.15) is 18.2 Å². The number of carbonyl (C=O) groups excluding carboxylic acids is 1. The Morgan fingerprint density at radius 3 is 2.68 bits per heavy atom. The van der Waals surface area contributed by atoms with Crippen molar-refractivity contribution in [2.24, 2.45) is 5.92 Å². The summed E-state index contributed by atoms with van der Waals surface area (Å²) in [6.07, 6.45) is 1.61. The van der Waals surface area contributed by atoms with Crippen LogP contribution in [0.5, 0.6) is 0 Å². The quantitative estimate of drug-likeness (QED) is 0.887. The number of anilines is 1. The SMILES string of the molecule is CNCC(C)C(=O)Nc1cc(-c2nc(C)co2)ccc1C.Cl. The third-order valence-corrected chi connectivity index (χ3v) is 3.32. The topological polar surface area (TPSA) is 67.2 Å². The summed E-state index contributed by atoms with van der Waals surface area (Å²) in [5.74, 6) is 0.460. The number of amides is 1. The summed E-state index contributed by atoms with van der Waals surface area (Å²) in [6, 6.07) is 5.78. The van der Waals surface area contributed by atoms with Gasteiger partial charge < -0.3 is 15.1 Å². The summed E-state index contributed by atoms with van der Waals surface area (Å²) in [6.45, 7) is 6.37. The third-order valence-electron chi connectivity index (χ3n) is 3.32. The number of halogens is 1. The van der Waals surface area contributed by atoms with E-state index in [2.05, 4.69) is 15.6 Å². The second kappa shape index (κ2) is 7.96. The highest BCUT2D eigenvalue weighted by Gasteiger charge is 2.14. The van der Waals surface area contributed by atoms with Gasteiger partial charge >= 0.3 is 0 Å². The molecule has 5 nitrogen and oxygen atoms in total. The molecule has 1 heterocycles. The second-order valence-electron chi connectivity index (χ2n) is 5.27. The smallest absolute Gasteiger partial charge is 0.228 e. The highest BCUT2D eigenvalue weighted by molar-refractivity contribution is 5.93. The molecule has 1 amide bonds. The molecule has 0 saturated heterocycles. The van der Waals surface area contributed by atoms with Crippen LogP contribution in [0.4, 0.5) is 5.69 Å². The Balaban J connectivity index is 0.00000242. The van der Waals surface area contributed by atoms with E-state index in [0.29, 0.717) is 12.4 Å². The minimum Gasteiger partial charge on any atom is -0.444 e. The van der Waals surface area contributed by atoms with Crippen LogP contribution in [-0.4, -0.2) is 24.5 Å². The van der Waals surface area contributed by atoms with E-state index in [1.807, 2.05) is 46.0 Å². The Bertz CT molecular complexity index is 640. The van der Waals surface area contributed by atoms with Crippen LogP contribution in [0.3, 0.4) is 0 Å². The zero-order valence-electron chi connectivity index (χ0n) is 13.3. The first-order chi connectivity index (χ1) is 10.0. The van der Waals surface area contributed by atoms with E-state index in [0.717, 1.165) is 22.5 Å². The van der Waals surface area contributed by atoms with Crippen LogP contribution in [0.15, 0.2) is 28.9 Å². The third kappa shape index (κ3) is 4.32. The number of aromatic nitrogens is 1. The average molecular weight is 324 g/mol. The lowest BCUT2D eigenvalue weighted by molar-refractivity contribution is -0.119. The Labute approximate surface area is 136 Å². The van der Waals surface area contributed by atoms with Gasteiger partial charge in [-0.25, -0.2) is 4.98 Å². The lowest BCUT2D eigenvalue weighted by atomic mass is 10.1. The minimum absolute atomic E-state index is 0. The molecule has 6 heteroatoms. The lowest BCUT2D eigenvalue weighted by Crippen LogP contribution is -2.28. The number of aryl methyl sites for hydroxylation is 2. The molecule has 1 aromatic heterocycles. The molecule has 1 atom stereocenters. The maximum atomic E-state index is 12.1. The van der Waals surface area contributed by atoms with Gasteiger partial charge in [-0.3, -0.25) is 4.79 Å². The van der Waals surface area contributed by atoms with Crippen LogP contribution in [0.2, 0.25) is 0 Å². The number of hydrogen-bond acceptors (Lipinski definition) is 4. The van der Waals surface area contributed by atoms with Gasteiger partial charge in [0, 0.05) is 23.7 Å². The minimum atomic E-state index is -0.0953. The van der Waals surface area contributed by atoms with Gasteiger partial charge in [-0.05, 0) is 38.6 Å². The molecular weight excluding hydrogens is 302 g/mol. The largest absolute Gasteiger partial charge is 0.444 e. The summed E-state index contributed by atoms with van der Waals surface area (Å²) in [5.41, 5.74) is 3.48. The highest BCUT2D eigenvalue weighted by atomic mass is 35.5. The van der Waals surface area contributed by atoms with E-state index in [4.69, 9.17) is 4.42 Å². The molecule has 1 unspecified atom stereocenters. The van der Waals surface area contributed by atoms with Crippen molar-refractivity contribution in [1.29, 1.82) is 0 Å². The van der Waals surface area contributed by atoms with Crippen LogP contribution in [0.25, 0.3) is 11.5 Å². The van der Waals surface area contributed by atoms with Crippen LogP contribution in [-0.2, 0) is 4.79 Å². The van der Waals surface area contributed by atoms with Gasteiger partial charge in [0.2, 0.25) is 11.8 Å². The molecule has 0 radical (unpaired) electrons. The molecule has 0 aliphatic carbocycles. The molecule has 0 aliphatic heterocycles. The van der Waals surface area contributed by atoms with Gasteiger partial charge in [-0.1, -0.05) is 13.0 Å². The summed E-state index contributed by atoms with van der Waals surface area (Å²) in [7, 11) is 1.83.